The minimum absolute atomic E-state index is 0.117. The van der Waals surface area contributed by atoms with Crippen LogP contribution in [-0.4, -0.2) is 4.98 Å². The summed E-state index contributed by atoms with van der Waals surface area (Å²) >= 11 is 6.47. The smallest absolute Gasteiger partial charge is 0.412 e. The Bertz CT molecular complexity index is 493. The molecule has 0 aliphatic heterocycles. The van der Waals surface area contributed by atoms with E-state index < -0.39 is 5.76 Å². The van der Waals surface area contributed by atoms with Crippen molar-refractivity contribution in [1.29, 1.82) is 0 Å². The number of hydrogen-bond donors (Lipinski definition) is 1. The average Bonchev–Trinajstić information content (AvgIpc) is 2.70. The number of aromatic nitrogens is 1. The van der Waals surface area contributed by atoms with Crippen LogP contribution in [0, 0.1) is 5.41 Å². The molecule has 1 N–H and O–H groups in total. The number of allylic oxidation sites excluding steroid dienone is 2. The lowest BCUT2D eigenvalue weighted by atomic mass is 9.85. The molecule has 0 radical (unpaired) electrons. The van der Waals surface area contributed by atoms with E-state index in [4.69, 9.17) is 16.0 Å². The van der Waals surface area contributed by atoms with Gasteiger partial charge in [-0.1, -0.05) is 32.9 Å². The van der Waals surface area contributed by atoms with Crippen LogP contribution >= 0.6 is 11.6 Å². The van der Waals surface area contributed by atoms with Crippen molar-refractivity contribution in [2.75, 3.05) is 0 Å². The lowest BCUT2D eigenvalue weighted by molar-refractivity contribution is 0.374. The van der Waals surface area contributed by atoms with E-state index in [1.165, 1.54) is 0 Å². The summed E-state index contributed by atoms with van der Waals surface area (Å²) in [5, 5.41) is -0.246. The summed E-state index contributed by atoms with van der Waals surface area (Å²) in [5.41, 5.74) is 0.641. The maximum atomic E-state index is 11.5. The van der Waals surface area contributed by atoms with Crippen molar-refractivity contribution in [1.82, 2.24) is 4.98 Å². The molecule has 0 fully saturated rings. The van der Waals surface area contributed by atoms with Gasteiger partial charge in [0.25, 0.3) is 0 Å². The summed E-state index contributed by atoms with van der Waals surface area (Å²) in [5.74, 6) is 0.622. The molecule has 18 heavy (non-hydrogen) atoms. The normalized spacial score (nSPS) is 22.1. The number of H-pyrrole nitrogens is 1. The molecule has 2 rings (SSSR count). The van der Waals surface area contributed by atoms with Gasteiger partial charge in [-0.15, -0.1) is 11.6 Å². The quantitative estimate of drug-likeness (QED) is 0.648. The summed E-state index contributed by atoms with van der Waals surface area (Å²) in [6, 6.07) is 0. The molecule has 0 spiro atoms. The Hall–Kier alpha value is -0.960. The Morgan fingerprint density at radius 1 is 1.44 bits per heavy atom. The van der Waals surface area contributed by atoms with Crippen LogP contribution in [0.1, 0.15) is 62.8 Å². The molecule has 2 unspecified atom stereocenters. The molecule has 100 valence electrons. The highest BCUT2D eigenvalue weighted by molar-refractivity contribution is 6.21. The van der Waals surface area contributed by atoms with E-state index in [1.807, 2.05) is 0 Å². The molecule has 1 aliphatic rings. The Labute approximate surface area is 112 Å². The highest BCUT2D eigenvalue weighted by Crippen LogP contribution is 2.42. The fourth-order valence-corrected chi connectivity index (χ4v) is 2.47. The largest absolute Gasteiger partial charge is 0.416 e. The molecular weight excluding hydrogens is 250 g/mol. The Morgan fingerprint density at radius 3 is 2.72 bits per heavy atom. The lowest BCUT2D eigenvalue weighted by Crippen LogP contribution is -2.16. The van der Waals surface area contributed by atoms with Crippen molar-refractivity contribution in [2.45, 2.75) is 51.3 Å². The molecule has 1 aliphatic carbocycles. The van der Waals surface area contributed by atoms with Crippen LogP contribution in [0.15, 0.2) is 21.4 Å². The van der Waals surface area contributed by atoms with Crippen molar-refractivity contribution in [2.24, 2.45) is 5.41 Å². The average molecular weight is 270 g/mol. The summed E-state index contributed by atoms with van der Waals surface area (Å²) in [6.45, 7) is 6.17. The minimum atomic E-state index is -0.399. The van der Waals surface area contributed by atoms with Gasteiger partial charge in [-0.25, -0.2) is 4.79 Å². The Morgan fingerprint density at radius 2 is 2.17 bits per heavy atom. The first-order valence-electron chi connectivity index (χ1n) is 6.41. The van der Waals surface area contributed by atoms with Crippen LogP contribution in [0.3, 0.4) is 0 Å². The third-order valence-corrected chi connectivity index (χ3v) is 4.23. The zero-order valence-corrected chi connectivity index (χ0v) is 11.9. The molecule has 4 heteroatoms. The Balaban J connectivity index is 2.36. The number of hydrogen-bond acceptors (Lipinski definition) is 2. The van der Waals surface area contributed by atoms with Gasteiger partial charge in [0.15, 0.2) is 0 Å². The molecule has 1 heterocycles. The van der Waals surface area contributed by atoms with Gasteiger partial charge in [-0.05, 0) is 24.7 Å². The second kappa shape index (κ2) is 4.96. The molecule has 0 bridgehead atoms. The van der Waals surface area contributed by atoms with Gasteiger partial charge in [-0.2, -0.15) is 0 Å². The highest BCUT2D eigenvalue weighted by atomic mass is 35.5. The standard InChI is InChI=1S/C14H20ClNO2/c1-14(2,3)12(15)10-11(18-13(17)16-10)9-7-5-4-6-8-9/h4-5,9,12H,6-8H2,1-3H3,(H,16,17). The topological polar surface area (TPSA) is 46.0 Å². The maximum Gasteiger partial charge on any atom is 0.416 e. The van der Waals surface area contributed by atoms with Crippen molar-refractivity contribution in [3.8, 4) is 0 Å². The zero-order chi connectivity index (χ0) is 13.3. The van der Waals surface area contributed by atoms with Crippen molar-refractivity contribution in [3.05, 3.63) is 34.2 Å². The number of halogens is 1. The molecule has 1 aromatic rings. The Kier molecular flexibility index (Phi) is 3.71. The van der Waals surface area contributed by atoms with E-state index >= 15 is 0 Å². The number of alkyl halides is 1. The van der Waals surface area contributed by atoms with E-state index in [0.29, 0.717) is 0 Å². The SMILES string of the molecule is CC(C)(C)C(Cl)c1[nH]c(=O)oc1C1CC=CCC1. The van der Waals surface area contributed by atoms with Crippen molar-refractivity contribution >= 4 is 11.6 Å². The summed E-state index contributed by atoms with van der Waals surface area (Å²) < 4.78 is 5.34. The van der Waals surface area contributed by atoms with Gasteiger partial charge in [0.05, 0.1) is 11.1 Å². The molecule has 0 saturated carbocycles. The number of oxazole rings is 1. The highest BCUT2D eigenvalue weighted by Gasteiger charge is 2.32. The van der Waals surface area contributed by atoms with E-state index in [1.54, 1.807) is 0 Å². The molecule has 3 nitrogen and oxygen atoms in total. The van der Waals surface area contributed by atoms with Crippen molar-refractivity contribution in [3.63, 3.8) is 0 Å². The van der Waals surface area contributed by atoms with E-state index in [-0.39, 0.29) is 16.7 Å². The van der Waals surface area contributed by atoms with E-state index in [9.17, 15) is 4.79 Å². The molecule has 0 amide bonds. The van der Waals surface area contributed by atoms with Crippen LogP contribution in [-0.2, 0) is 0 Å². The first kappa shape index (κ1) is 13.5. The molecule has 2 atom stereocenters. The third kappa shape index (κ3) is 2.72. The zero-order valence-electron chi connectivity index (χ0n) is 11.1. The maximum absolute atomic E-state index is 11.5. The lowest BCUT2D eigenvalue weighted by Gasteiger charge is -2.26. The molecule has 0 saturated heterocycles. The van der Waals surface area contributed by atoms with Gasteiger partial charge in [0.2, 0.25) is 0 Å². The monoisotopic (exact) mass is 269 g/mol. The van der Waals surface area contributed by atoms with Crippen LogP contribution in [0.2, 0.25) is 0 Å². The van der Waals surface area contributed by atoms with Gasteiger partial charge in [-0.3, -0.25) is 4.98 Å². The van der Waals surface area contributed by atoms with Gasteiger partial charge >= 0.3 is 5.76 Å². The summed E-state index contributed by atoms with van der Waals surface area (Å²) in [6.07, 6.45) is 7.27. The minimum Gasteiger partial charge on any atom is -0.412 e. The van der Waals surface area contributed by atoms with Crippen LogP contribution in [0.5, 0.6) is 0 Å². The fraction of sp³-hybridized carbons (Fsp3) is 0.643. The summed E-state index contributed by atoms with van der Waals surface area (Å²) in [7, 11) is 0. The molecule has 0 aromatic carbocycles. The van der Waals surface area contributed by atoms with Gasteiger partial charge < -0.3 is 4.42 Å². The predicted octanol–water partition coefficient (Wildman–Crippen LogP) is 4.12. The van der Waals surface area contributed by atoms with E-state index in [0.717, 1.165) is 30.7 Å². The fourth-order valence-electron chi connectivity index (χ4n) is 2.31. The predicted molar refractivity (Wildman–Crippen MR) is 73.1 cm³/mol. The third-order valence-electron chi connectivity index (χ3n) is 3.36. The first-order chi connectivity index (χ1) is 8.39. The molecular formula is C14H20ClNO2. The van der Waals surface area contributed by atoms with Gasteiger partial charge in [0.1, 0.15) is 5.76 Å². The van der Waals surface area contributed by atoms with Crippen LogP contribution < -0.4 is 5.76 Å². The van der Waals surface area contributed by atoms with Crippen LogP contribution in [0.4, 0.5) is 0 Å². The van der Waals surface area contributed by atoms with Gasteiger partial charge in [0, 0.05) is 5.92 Å². The van der Waals surface area contributed by atoms with Crippen molar-refractivity contribution < 1.29 is 4.42 Å². The second-order valence-corrected chi connectivity index (χ2v) is 6.44. The number of aromatic amines is 1. The first-order valence-corrected chi connectivity index (χ1v) is 6.85. The summed E-state index contributed by atoms with van der Waals surface area (Å²) in [4.78, 5) is 14.3. The van der Waals surface area contributed by atoms with Crippen LogP contribution in [0.25, 0.3) is 0 Å². The number of nitrogens with one attached hydrogen (secondary N) is 1. The molecule has 1 aromatic heterocycles. The number of rotatable bonds is 2. The van der Waals surface area contributed by atoms with E-state index in [2.05, 4.69) is 37.9 Å². The second-order valence-electron chi connectivity index (χ2n) is 6.00.